The average Bonchev–Trinajstić information content (AvgIpc) is 3.36. The van der Waals surface area contributed by atoms with Crippen molar-refractivity contribution in [3.63, 3.8) is 0 Å². The van der Waals surface area contributed by atoms with Gasteiger partial charge in [-0.15, -0.1) is 0 Å². The molecule has 14 heteroatoms. The molecule has 0 atom stereocenters. The van der Waals surface area contributed by atoms with E-state index >= 15 is 4.39 Å². The van der Waals surface area contributed by atoms with Crippen molar-refractivity contribution in [1.82, 2.24) is 19.9 Å². The van der Waals surface area contributed by atoms with Crippen molar-refractivity contribution in [3.05, 3.63) is 71.1 Å². The molecule has 214 valence electrons. The van der Waals surface area contributed by atoms with Crippen LogP contribution in [0, 0.1) is 5.82 Å². The number of likely N-dealkylation sites (N-methyl/N-ethyl adjacent to an activating group) is 1. The van der Waals surface area contributed by atoms with Crippen LogP contribution in [-0.2, 0) is 6.18 Å². The SMILES string of the molecule is CN1CCN(c2nc(-c3ccnc(N)c3)c(-c3cccc(NC(=O)Nc4ccc(Cl)c(C(F)(F)F)c4)c3F)[nH]2)CC1. The van der Waals surface area contributed by atoms with Crippen LogP contribution in [0.3, 0.4) is 0 Å². The number of nitrogens with zero attached hydrogens (tertiary/aromatic N) is 4. The number of carbonyl (C=O) groups is 1. The lowest BCUT2D eigenvalue weighted by Crippen LogP contribution is -2.44. The summed E-state index contributed by atoms with van der Waals surface area (Å²) < 4.78 is 55.5. The highest BCUT2D eigenvalue weighted by atomic mass is 35.5. The van der Waals surface area contributed by atoms with Crippen molar-refractivity contribution in [2.75, 3.05) is 54.5 Å². The molecular formula is C27H25ClF4N8O. The molecule has 1 saturated heterocycles. The molecule has 0 aliphatic carbocycles. The van der Waals surface area contributed by atoms with Crippen LogP contribution >= 0.6 is 11.6 Å². The van der Waals surface area contributed by atoms with Crippen molar-refractivity contribution < 1.29 is 22.4 Å². The number of nitrogens with one attached hydrogen (secondary N) is 3. The normalized spacial score (nSPS) is 14.2. The van der Waals surface area contributed by atoms with E-state index in [4.69, 9.17) is 22.3 Å². The minimum absolute atomic E-state index is 0.118. The Labute approximate surface area is 237 Å². The Bertz CT molecular complexity index is 1580. The smallest absolute Gasteiger partial charge is 0.384 e. The number of halogens is 5. The Morgan fingerprint density at radius 1 is 1.07 bits per heavy atom. The fraction of sp³-hybridized carbons (Fsp3) is 0.222. The van der Waals surface area contributed by atoms with Crippen LogP contribution < -0.4 is 21.3 Å². The quantitative estimate of drug-likeness (QED) is 0.215. The van der Waals surface area contributed by atoms with Crippen LogP contribution in [0.1, 0.15) is 5.56 Å². The molecule has 2 aromatic carbocycles. The van der Waals surface area contributed by atoms with Gasteiger partial charge in [0, 0.05) is 49.2 Å². The van der Waals surface area contributed by atoms with E-state index in [1.165, 1.54) is 24.4 Å². The first-order valence-electron chi connectivity index (χ1n) is 12.5. The van der Waals surface area contributed by atoms with Gasteiger partial charge in [-0.3, -0.25) is 0 Å². The zero-order chi connectivity index (χ0) is 29.3. The lowest BCUT2D eigenvalue weighted by molar-refractivity contribution is -0.137. The molecule has 41 heavy (non-hydrogen) atoms. The van der Waals surface area contributed by atoms with Crippen molar-refractivity contribution in [2.45, 2.75) is 6.18 Å². The number of aromatic amines is 1. The largest absolute Gasteiger partial charge is 0.417 e. The standard InChI is InChI=1S/C27H25ClF4N8O/c1-39-9-11-40(12-10-39)25-37-23(15-7-8-34-21(33)13-15)24(38-25)17-3-2-4-20(22(17)29)36-26(41)35-16-5-6-19(28)18(14-16)27(30,31)32/h2-8,13-14H,9-12H2,1H3,(H2,33,34)(H,37,38)(H2,35,36,41). The summed E-state index contributed by atoms with van der Waals surface area (Å²) in [7, 11) is 2.03. The predicted octanol–water partition coefficient (Wildman–Crippen LogP) is 5.93. The van der Waals surface area contributed by atoms with E-state index in [-0.39, 0.29) is 22.8 Å². The highest BCUT2D eigenvalue weighted by molar-refractivity contribution is 6.31. The first kappa shape index (κ1) is 28.2. The second-order valence-corrected chi connectivity index (χ2v) is 9.89. The lowest BCUT2D eigenvalue weighted by Gasteiger charge is -2.32. The van der Waals surface area contributed by atoms with Gasteiger partial charge >= 0.3 is 12.2 Å². The monoisotopic (exact) mass is 588 g/mol. The number of rotatable bonds is 5. The number of aromatic nitrogens is 3. The maximum absolute atomic E-state index is 15.9. The number of nitrogens with two attached hydrogens (primary N) is 1. The van der Waals surface area contributed by atoms with Gasteiger partial charge in [0.1, 0.15) is 5.82 Å². The summed E-state index contributed by atoms with van der Waals surface area (Å²) in [6.07, 6.45) is -3.19. The number of nitrogen functional groups attached to an aromatic ring is 1. The predicted molar refractivity (Wildman–Crippen MR) is 150 cm³/mol. The number of hydrogen-bond donors (Lipinski definition) is 4. The molecule has 1 fully saturated rings. The van der Waals surface area contributed by atoms with E-state index in [0.29, 0.717) is 42.1 Å². The number of amides is 2. The molecule has 0 bridgehead atoms. The van der Waals surface area contributed by atoms with E-state index < -0.39 is 28.6 Å². The van der Waals surface area contributed by atoms with Gasteiger partial charge in [0.15, 0.2) is 5.82 Å². The fourth-order valence-electron chi connectivity index (χ4n) is 4.45. The molecule has 2 amide bonds. The minimum atomic E-state index is -4.71. The summed E-state index contributed by atoms with van der Waals surface area (Å²) in [5.41, 5.74) is 5.96. The Kier molecular flexibility index (Phi) is 7.74. The van der Waals surface area contributed by atoms with Gasteiger partial charge < -0.3 is 31.2 Å². The number of urea groups is 1. The summed E-state index contributed by atoms with van der Waals surface area (Å²) in [5.74, 6) is 0.0461. The zero-order valence-corrected chi connectivity index (χ0v) is 22.4. The van der Waals surface area contributed by atoms with Crippen molar-refractivity contribution in [2.24, 2.45) is 0 Å². The number of piperazine rings is 1. The highest BCUT2D eigenvalue weighted by Crippen LogP contribution is 2.38. The number of imidazole rings is 1. The molecule has 0 radical (unpaired) electrons. The number of hydrogen-bond acceptors (Lipinski definition) is 6. The second-order valence-electron chi connectivity index (χ2n) is 9.48. The molecule has 0 saturated carbocycles. The average molecular weight is 589 g/mol. The van der Waals surface area contributed by atoms with E-state index in [9.17, 15) is 18.0 Å². The van der Waals surface area contributed by atoms with Crippen molar-refractivity contribution in [3.8, 4) is 22.5 Å². The number of H-pyrrole nitrogens is 1. The van der Waals surface area contributed by atoms with Crippen molar-refractivity contribution >= 4 is 40.8 Å². The van der Waals surface area contributed by atoms with Gasteiger partial charge in [-0.1, -0.05) is 17.7 Å². The first-order valence-corrected chi connectivity index (χ1v) is 12.9. The molecule has 9 nitrogen and oxygen atoms in total. The third-order valence-electron chi connectivity index (χ3n) is 6.59. The number of alkyl halides is 3. The van der Waals surface area contributed by atoms with E-state index in [1.54, 1.807) is 18.2 Å². The fourth-order valence-corrected chi connectivity index (χ4v) is 4.68. The van der Waals surface area contributed by atoms with Gasteiger partial charge in [-0.25, -0.2) is 19.2 Å². The second kappa shape index (κ2) is 11.3. The van der Waals surface area contributed by atoms with Gasteiger partial charge in [0.25, 0.3) is 0 Å². The maximum Gasteiger partial charge on any atom is 0.417 e. The molecular weight excluding hydrogens is 564 g/mol. The molecule has 5 rings (SSSR count). The summed E-state index contributed by atoms with van der Waals surface area (Å²) >= 11 is 5.65. The van der Waals surface area contributed by atoms with Crippen LogP contribution in [0.15, 0.2) is 54.7 Å². The molecule has 5 N–H and O–H groups in total. The van der Waals surface area contributed by atoms with E-state index in [1.807, 2.05) is 7.05 Å². The summed E-state index contributed by atoms with van der Waals surface area (Å²) in [6.45, 7) is 3.09. The Morgan fingerprint density at radius 3 is 2.54 bits per heavy atom. The number of benzene rings is 2. The molecule has 0 unspecified atom stereocenters. The van der Waals surface area contributed by atoms with Crippen LogP contribution in [0.2, 0.25) is 5.02 Å². The van der Waals surface area contributed by atoms with Gasteiger partial charge in [-0.05, 0) is 49.5 Å². The highest BCUT2D eigenvalue weighted by Gasteiger charge is 2.33. The van der Waals surface area contributed by atoms with Crippen LogP contribution in [0.25, 0.3) is 22.5 Å². The van der Waals surface area contributed by atoms with Gasteiger partial charge in [-0.2, -0.15) is 13.2 Å². The lowest BCUT2D eigenvalue weighted by atomic mass is 10.0. The minimum Gasteiger partial charge on any atom is -0.384 e. The number of carbonyl (C=O) groups excluding carboxylic acids is 1. The summed E-state index contributed by atoms with van der Waals surface area (Å²) in [6, 6.07) is 9.73. The molecule has 1 aliphatic rings. The molecule has 4 aromatic rings. The molecule has 3 heterocycles. The van der Waals surface area contributed by atoms with E-state index in [0.717, 1.165) is 19.2 Å². The Balaban J connectivity index is 1.46. The van der Waals surface area contributed by atoms with Crippen LogP contribution in [0.5, 0.6) is 0 Å². The third kappa shape index (κ3) is 6.20. The Hall–Kier alpha value is -4.36. The molecule has 1 aliphatic heterocycles. The number of pyridine rings is 1. The maximum atomic E-state index is 15.9. The first-order chi connectivity index (χ1) is 19.5. The summed E-state index contributed by atoms with van der Waals surface area (Å²) in [5, 5.41) is 4.14. The topological polar surface area (TPSA) is 115 Å². The van der Waals surface area contributed by atoms with Crippen molar-refractivity contribution in [1.29, 1.82) is 0 Å². The van der Waals surface area contributed by atoms with Crippen LogP contribution in [0.4, 0.5) is 45.5 Å². The molecule has 0 spiro atoms. The van der Waals surface area contributed by atoms with E-state index in [2.05, 4.69) is 30.4 Å². The zero-order valence-electron chi connectivity index (χ0n) is 21.7. The van der Waals surface area contributed by atoms with Crippen LogP contribution in [-0.4, -0.2) is 59.1 Å². The molecule has 2 aromatic heterocycles. The Morgan fingerprint density at radius 2 is 1.83 bits per heavy atom. The van der Waals surface area contributed by atoms with Gasteiger partial charge in [0.2, 0.25) is 5.95 Å². The summed E-state index contributed by atoms with van der Waals surface area (Å²) in [4.78, 5) is 28.9. The van der Waals surface area contributed by atoms with Gasteiger partial charge in [0.05, 0.1) is 27.7 Å². The third-order valence-corrected chi connectivity index (χ3v) is 6.92. The number of anilines is 4.